The van der Waals surface area contributed by atoms with Crippen molar-refractivity contribution in [2.24, 2.45) is 5.41 Å². The van der Waals surface area contributed by atoms with Gasteiger partial charge in [0.15, 0.2) is 0 Å². The summed E-state index contributed by atoms with van der Waals surface area (Å²) in [6.45, 7) is 5.98. The highest BCUT2D eigenvalue weighted by Gasteiger charge is 2.37. The van der Waals surface area contributed by atoms with Crippen LogP contribution >= 0.6 is 0 Å². The summed E-state index contributed by atoms with van der Waals surface area (Å²) < 4.78 is 0. The highest BCUT2D eigenvalue weighted by atomic mass is 16.2. The molecular formula is C17H26N4O. The summed E-state index contributed by atoms with van der Waals surface area (Å²) in [5.41, 5.74) is 2.40. The first-order valence-corrected chi connectivity index (χ1v) is 8.30. The van der Waals surface area contributed by atoms with Gasteiger partial charge in [-0.3, -0.25) is 19.7 Å². The van der Waals surface area contributed by atoms with Gasteiger partial charge in [-0.25, -0.2) is 0 Å². The van der Waals surface area contributed by atoms with Crippen LogP contribution in [0.5, 0.6) is 0 Å². The molecule has 0 N–H and O–H groups in total. The van der Waals surface area contributed by atoms with Gasteiger partial charge >= 0.3 is 0 Å². The van der Waals surface area contributed by atoms with E-state index < -0.39 is 0 Å². The lowest BCUT2D eigenvalue weighted by Gasteiger charge is -2.41. The average Bonchev–Trinajstić information content (AvgIpc) is 2.67. The number of likely N-dealkylation sites (tertiary alicyclic amines) is 2. The highest BCUT2D eigenvalue weighted by Crippen LogP contribution is 2.41. The van der Waals surface area contributed by atoms with Gasteiger partial charge in [0.1, 0.15) is 0 Å². The Morgan fingerprint density at radius 2 is 1.82 bits per heavy atom. The van der Waals surface area contributed by atoms with E-state index in [9.17, 15) is 4.79 Å². The molecule has 3 heterocycles. The van der Waals surface area contributed by atoms with Crippen molar-refractivity contribution >= 4 is 5.91 Å². The largest absolute Gasteiger partial charge is 0.346 e. The number of aryl methyl sites for hydroxylation is 1. The van der Waals surface area contributed by atoms with E-state index in [4.69, 9.17) is 0 Å². The topological polar surface area (TPSA) is 49.3 Å². The van der Waals surface area contributed by atoms with Crippen LogP contribution < -0.4 is 0 Å². The minimum atomic E-state index is 0.314. The van der Waals surface area contributed by atoms with Crippen LogP contribution in [-0.2, 0) is 11.3 Å². The number of hydrogen-bond donors (Lipinski definition) is 0. The molecular weight excluding hydrogens is 276 g/mol. The smallest absolute Gasteiger partial charge is 0.222 e. The molecule has 2 saturated heterocycles. The first kappa shape index (κ1) is 15.4. The van der Waals surface area contributed by atoms with Crippen LogP contribution in [0.2, 0.25) is 0 Å². The Labute approximate surface area is 132 Å². The van der Waals surface area contributed by atoms with Gasteiger partial charge in [-0.2, -0.15) is 0 Å². The van der Waals surface area contributed by atoms with E-state index in [1.807, 2.05) is 31.3 Å². The SMILES string of the molecule is Cc1cnc(CN2CCC3(CCC(=O)N(C)CC3)CC2)cn1. The lowest BCUT2D eigenvalue weighted by atomic mass is 9.73. The Morgan fingerprint density at radius 3 is 2.50 bits per heavy atom. The molecule has 1 aromatic heterocycles. The lowest BCUT2D eigenvalue weighted by molar-refractivity contribution is -0.129. The Hall–Kier alpha value is -1.49. The Balaban J connectivity index is 1.55. The Morgan fingerprint density at radius 1 is 1.09 bits per heavy atom. The normalized spacial score (nSPS) is 22.8. The Bertz CT molecular complexity index is 520. The molecule has 0 atom stereocenters. The van der Waals surface area contributed by atoms with E-state index in [2.05, 4.69) is 14.9 Å². The predicted octanol–water partition coefficient (Wildman–Crippen LogP) is 2.01. The summed E-state index contributed by atoms with van der Waals surface area (Å²) in [6.07, 6.45) is 9.08. The molecule has 120 valence electrons. The number of amides is 1. The van der Waals surface area contributed by atoms with Crippen molar-refractivity contribution in [1.82, 2.24) is 19.8 Å². The summed E-state index contributed by atoms with van der Waals surface area (Å²) in [4.78, 5) is 25.0. The maximum Gasteiger partial charge on any atom is 0.222 e. The van der Waals surface area contributed by atoms with Gasteiger partial charge in [-0.15, -0.1) is 0 Å². The molecule has 0 aromatic carbocycles. The second kappa shape index (κ2) is 6.32. The molecule has 2 aliphatic rings. The average molecular weight is 302 g/mol. The zero-order valence-corrected chi connectivity index (χ0v) is 13.7. The standard InChI is InChI=1S/C17H26N4O/c1-14-11-19-15(12-18-14)13-21-9-6-17(7-10-21)4-3-16(22)20(2)8-5-17/h11-12H,3-10,13H2,1-2H3. The fourth-order valence-corrected chi connectivity index (χ4v) is 3.63. The molecule has 22 heavy (non-hydrogen) atoms. The number of piperidine rings is 1. The van der Waals surface area contributed by atoms with E-state index in [-0.39, 0.29) is 0 Å². The van der Waals surface area contributed by atoms with Crippen molar-refractivity contribution in [3.8, 4) is 0 Å². The van der Waals surface area contributed by atoms with Gasteiger partial charge in [0.25, 0.3) is 0 Å². The molecule has 0 saturated carbocycles. The number of carbonyl (C=O) groups is 1. The van der Waals surface area contributed by atoms with Crippen LogP contribution in [0.25, 0.3) is 0 Å². The van der Waals surface area contributed by atoms with Gasteiger partial charge < -0.3 is 4.90 Å². The lowest BCUT2D eigenvalue weighted by Crippen LogP contribution is -2.40. The van der Waals surface area contributed by atoms with E-state index >= 15 is 0 Å². The summed E-state index contributed by atoms with van der Waals surface area (Å²) in [7, 11) is 1.94. The van der Waals surface area contributed by atoms with Crippen LogP contribution in [0.15, 0.2) is 12.4 Å². The van der Waals surface area contributed by atoms with Crippen LogP contribution in [0.4, 0.5) is 0 Å². The fraction of sp³-hybridized carbons (Fsp3) is 0.706. The molecule has 1 spiro atoms. The molecule has 0 unspecified atom stereocenters. The zero-order valence-electron chi connectivity index (χ0n) is 13.7. The van der Waals surface area contributed by atoms with E-state index in [0.717, 1.165) is 56.8 Å². The third-order valence-corrected chi connectivity index (χ3v) is 5.41. The number of nitrogens with zero attached hydrogens (tertiary/aromatic N) is 4. The van der Waals surface area contributed by atoms with Gasteiger partial charge in [-0.05, 0) is 51.1 Å². The van der Waals surface area contributed by atoms with Crippen LogP contribution in [0.1, 0.15) is 43.5 Å². The number of hydrogen-bond acceptors (Lipinski definition) is 4. The molecule has 2 fully saturated rings. The minimum absolute atomic E-state index is 0.314. The maximum absolute atomic E-state index is 11.9. The second-order valence-corrected chi connectivity index (χ2v) is 6.99. The zero-order chi connectivity index (χ0) is 15.6. The van der Waals surface area contributed by atoms with Gasteiger partial charge in [0, 0.05) is 39.0 Å². The van der Waals surface area contributed by atoms with Crippen molar-refractivity contribution in [3.05, 3.63) is 23.8 Å². The summed E-state index contributed by atoms with van der Waals surface area (Å²) in [6, 6.07) is 0. The first-order valence-electron chi connectivity index (χ1n) is 8.30. The van der Waals surface area contributed by atoms with Crippen molar-refractivity contribution in [3.63, 3.8) is 0 Å². The number of carbonyl (C=O) groups excluding carboxylic acids is 1. The minimum Gasteiger partial charge on any atom is -0.346 e. The molecule has 5 nitrogen and oxygen atoms in total. The summed E-state index contributed by atoms with van der Waals surface area (Å²) in [5, 5.41) is 0. The van der Waals surface area contributed by atoms with Crippen molar-refractivity contribution in [2.45, 2.75) is 45.6 Å². The van der Waals surface area contributed by atoms with Crippen LogP contribution in [-0.4, -0.2) is 52.4 Å². The van der Waals surface area contributed by atoms with Crippen LogP contribution in [0.3, 0.4) is 0 Å². The fourth-order valence-electron chi connectivity index (χ4n) is 3.63. The molecule has 5 heteroatoms. The third-order valence-electron chi connectivity index (χ3n) is 5.41. The molecule has 0 radical (unpaired) electrons. The molecule has 2 aliphatic heterocycles. The van der Waals surface area contributed by atoms with E-state index in [1.165, 1.54) is 12.8 Å². The molecule has 1 aromatic rings. The molecule has 1 amide bonds. The first-order chi connectivity index (χ1) is 10.6. The quantitative estimate of drug-likeness (QED) is 0.838. The summed E-state index contributed by atoms with van der Waals surface area (Å²) in [5.74, 6) is 0.314. The molecule has 0 bridgehead atoms. The van der Waals surface area contributed by atoms with Gasteiger partial charge in [0.05, 0.1) is 11.4 Å². The molecule has 0 aliphatic carbocycles. The predicted molar refractivity (Wildman–Crippen MR) is 85.2 cm³/mol. The Kier molecular flexibility index (Phi) is 4.43. The van der Waals surface area contributed by atoms with E-state index in [1.54, 1.807) is 0 Å². The highest BCUT2D eigenvalue weighted by molar-refractivity contribution is 5.76. The third kappa shape index (κ3) is 3.46. The number of rotatable bonds is 2. The van der Waals surface area contributed by atoms with E-state index in [0.29, 0.717) is 11.3 Å². The van der Waals surface area contributed by atoms with Gasteiger partial charge in [0.2, 0.25) is 5.91 Å². The molecule has 3 rings (SSSR count). The van der Waals surface area contributed by atoms with Crippen molar-refractivity contribution in [2.75, 3.05) is 26.7 Å². The second-order valence-electron chi connectivity index (χ2n) is 6.99. The maximum atomic E-state index is 11.9. The van der Waals surface area contributed by atoms with Crippen molar-refractivity contribution in [1.29, 1.82) is 0 Å². The van der Waals surface area contributed by atoms with Gasteiger partial charge in [-0.1, -0.05) is 0 Å². The number of aromatic nitrogens is 2. The van der Waals surface area contributed by atoms with Crippen molar-refractivity contribution < 1.29 is 4.79 Å². The summed E-state index contributed by atoms with van der Waals surface area (Å²) >= 11 is 0. The van der Waals surface area contributed by atoms with Crippen LogP contribution in [0, 0.1) is 12.3 Å². The monoisotopic (exact) mass is 302 g/mol.